The number of anilines is 1. The fourth-order valence-electron chi connectivity index (χ4n) is 3.03. The van der Waals surface area contributed by atoms with E-state index in [0.717, 1.165) is 36.0 Å². The zero-order chi connectivity index (χ0) is 19.7. The second-order valence-corrected chi connectivity index (χ2v) is 6.33. The van der Waals surface area contributed by atoms with Crippen LogP contribution in [0.1, 0.15) is 32.3 Å². The van der Waals surface area contributed by atoms with Crippen LogP contribution >= 0.6 is 0 Å². The van der Waals surface area contributed by atoms with Crippen molar-refractivity contribution in [1.29, 1.82) is 0 Å². The van der Waals surface area contributed by atoms with Crippen LogP contribution in [0.25, 0.3) is 11.5 Å². The summed E-state index contributed by atoms with van der Waals surface area (Å²) < 4.78 is 0. The van der Waals surface area contributed by atoms with Crippen molar-refractivity contribution in [3.63, 3.8) is 0 Å². The van der Waals surface area contributed by atoms with Crippen molar-refractivity contribution >= 4 is 22.9 Å². The smallest absolute Gasteiger partial charge is 0.204 e. The van der Waals surface area contributed by atoms with Crippen LogP contribution in [0.4, 0.5) is 11.5 Å². The summed E-state index contributed by atoms with van der Waals surface area (Å²) in [6.45, 7) is 9.92. The lowest BCUT2D eigenvalue weighted by Gasteiger charge is -2.20. The molecule has 0 amide bonds. The van der Waals surface area contributed by atoms with Gasteiger partial charge in [0.05, 0.1) is 23.3 Å². The van der Waals surface area contributed by atoms with Crippen molar-refractivity contribution in [2.24, 2.45) is 10.1 Å². The summed E-state index contributed by atoms with van der Waals surface area (Å²) in [6.07, 6.45) is 4.84. The van der Waals surface area contributed by atoms with E-state index in [4.69, 9.17) is 9.98 Å². The Morgan fingerprint density at radius 2 is 1.89 bits per heavy atom. The number of fused-ring (bicyclic) bond motifs is 1. The van der Waals surface area contributed by atoms with Gasteiger partial charge in [0, 0.05) is 25.5 Å². The fourth-order valence-corrected chi connectivity index (χ4v) is 3.03. The molecule has 0 saturated carbocycles. The van der Waals surface area contributed by atoms with E-state index in [-0.39, 0.29) is 0 Å². The molecule has 3 aromatic heterocycles. The lowest BCUT2D eigenvalue weighted by atomic mass is 10.2. The molecule has 3 aromatic rings. The van der Waals surface area contributed by atoms with Crippen molar-refractivity contribution in [3.8, 4) is 11.5 Å². The number of aromatic nitrogens is 6. The molecule has 0 saturated heterocycles. The Morgan fingerprint density at radius 3 is 2.57 bits per heavy atom. The number of hydrogen-bond donors (Lipinski definition) is 0. The number of hydrogen-bond acceptors (Lipinski definition) is 8. The molecule has 142 valence electrons. The van der Waals surface area contributed by atoms with E-state index >= 15 is 0 Å². The van der Waals surface area contributed by atoms with Crippen LogP contribution < -0.4 is 4.90 Å². The first kappa shape index (κ1) is 17.9. The highest BCUT2D eigenvalue weighted by Gasteiger charge is 2.25. The molecule has 28 heavy (non-hydrogen) atoms. The molecule has 0 N–H and O–H groups in total. The van der Waals surface area contributed by atoms with Crippen LogP contribution in [0.15, 0.2) is 40.8 Å². The summed E-state index contributed by atoms with van der Waals surface area (Å²) in [5.41, 5.74) is 3.68. The van der Waals surface area contributed by atoms with Gasteiger partial charge in [0.15, 0.2) is 0 Å². The van der Waals surface area contributed by atoms with Gasteiger partial charge in [0.25, 0.3) is 0 Å². The molecule has 0 unspecified atom stereocenters. The molecule has 1 aliphatic heterocycles. The normalized spacial score (nSPS) is 14.3. The number of nitrogens with zero attached hydrogens (tertiary/aromatic N) is 9. The van der Waals surface area contributed by atoms with Gasteiger partial charge in [0.2, 0.25) is 11.6 Å². The first-order valence-corrected chi connectivity index (χ1v) is 9.21. The number of pyridine rings is 1. The Kier molecular flexibility index (Phi) is 4.64. The maximum absolute atomic E-state index is 4.78. The monoisotopic (exact) mass is 375 g/mol. The summed E-state index contributed by atoms with van der Waals surface area (Å²) in [5, 5.41) is 8.83. The lowest BCUT2D eigenvalue weighted by molar-refractivity contribution is 0.746. The van der Waals surface area contributed by atoms with Gasteiger partial charge in [-0.3, -0.25) is 4.98 Å². The predicted octanol–water partition coefficient (Wildman–Crippen LogP) is 2.64. The minimum absolute atomic E-state index is 0.471. The van der Waals surface area contributed by atoms with E-state index in [9.17, 15) is 0 Å². The lowest BCUT2D eigenvalue weighted by Crippen LogP contribution is -2.23. The third kappa shape index (κ3) is 3.15. The highest BCUT2D eigenvalue weighted by Crippen LogP contribution is 2.24. The van der Waals surface area contributed by atoms with E-state index in [1.165, 1.54) is 4.79 Å². The molecule has 0 radical (unpaired) electrons. The molecule has 4 rings (SSSR count). The molecule has 4 heterocycles. The van der Waals surface area contributed by atoms with Gasteiger partial charge < -0.3 is 4.90 Å². The predicted molar refractivity (Wildman–Crippen MR) is 108 cm³/mol. The zero-order valence-corrected chi connectivity index (χ0v) is 16.3. The molecule has 0 atom stereocenters. The maximum atomic E-state index is 4.78. The van der Waals surface area contributed by atoms with Gasteiger partial charge in [-0.15, -0.1) is 9.89 Å². The average Bonchev–Trinajstić information content (AvgIpc) is 3.24. The summed E-state index contributed by atoms with van der Waals surface area (Å²) in [4.78, 5) is 26.1. The number of rotatable bonds is 5. The van der Waals surface area contributed by atoms with Gasteiger partial charge >= 0.3 is 0 Å². The minimum Gasteiger partial charge on any atom is -0.357 e. The molecule has 0 aliphatic carbocycles. The van der Waals surface area contributed by atoms with Crippen LogP contribution in [0.5, 0.6) is 0 Å². The van der Waals surface area contributed by atoms with Crippen LogP contribution in [0.3, 0.4) is 0 Å². The Morgan fingerprint density at radius 1 is 1.07 bits per heavy atom. The highest BCUT2D eigenvalue weighted by atomic mass is 15.6. The van der Waals surface area contributed by atoms with E-state index < -0.39 is 0 Å². The second kappa shape index (κ2) is 7.26. The van der Waals surface area contributed by atoms with Crippen LogP contribution in [0.2, 0.25) is 0 Å². The molecule has 9 nitrogen and oxygen atoms in total. The van der Waals surface area contributed by atoms with Crippen molar-refractivity contribution in [2.75, 3.05) is 18.0 Å². The van der Waals surface area contributed by atoms with Gasteiger partial charge in [0.1, 0.15) is 17.2 Å². The molecular weight excluding hydrogens is 354 g/mol. The standard InChI is InChI=1S/C19H21N9/c1-5-27(6-2)16-8-7-14(12(3)22-16)23-17-13(4)25-28-19(17)24-18(26-28)15-11-20-9-10-21-15/h7-11H,5-6H2,1-4H3. The number of aliphatic imine (C=N–C) groups is 1. The van der Waals surface area contributed by atoms with Crippen molar-refractivity contribution in [1.82, 2.24) is 29.8 Å². The SMILES string of the molecule is CCN(CC)c1ccc(N=C2C(C)=Nn3nc(-c4cnccn4)nc32)c(C)n1. The van der Waals surface area contributed by atoms with Crippen molar-refractivity contribution in [3.05, 3.63) is 42.2 Å². The van der Waals surface area contributed by atoms with Gasteiger partial charge in [-0.05, 0) is 39.8 Å². The minimum atomic E-state index is 0.471. The van der Waals surface area contributed by atoms with Crippen LogP contribution in [-0.4, -0.2) is 54.3 Å². The van der Waals surface area contributed by atoms with Gasteiger partial charge in [-0.1, -0.05) is 0 Å². The quantitative estimate of drug-likeness (QED) is 0.680. The largest absolute Gasteiger partial charge is 0.357 e. The zero-order valence-electron chi connectivity index (χ0n) is 16.3. The Balaban J connectivity index is 1.71. The summed E-state index contributed by atoms with van der Waals surface area (Å²) in [7, 11) is 0. The third-order valence-corrected chi connectivity index (χ3v) is 4.55. The van der Waals surface area contributed by atoms with E-state index in [1.54, 1.807) is 18.6 Å². The van der Waals surface area contributed by atoms with E-state index in [0.29, 0.717) is 23.1 Å². The topological polar surface area (TPSA) is 97.3 Å². The third-order valence-electron chi connectivity index (χ3n) is 4.55. The number of aryl methyl sites for hydroxylation is 1. The van der Waals surface area contributed by atoms with Crippen LogP contribution in [-0.2, 0) is 0 Å². The molecule has 0 bridgehead atoms. The Labute approximate surface area is 162 Å². The molecule has 0 fully saturated rings. The highest BCUT2D eigenvalue weighted by molar-refractivity contribution is 6.48. The summed E-state index contributed by atoms with van der Waals surface area (Å²) >= 11 is 0. The summed E-state index contributed by atoms with van der Waals surface area (Å²) in [5.74, 6) is 2.01. The first-order chi connectivity index (χ1) is 13.6. The Hall–Kier alpha value is -3.49. The first-order valence-electron chi connectivity index (χ1n) is 9.21. The van der Waals surface area contributed by atoms with E-state index in [2.05, 4.69) is 43.9 Å². The molecular formula is C19H21N9. The van der Waals surface area contributed by atoms with Crippen LogP contribution in [0, 0.1) is 6.92 Å². The second-order valence-electron chi connectivity index (χ2n) is 6.33. The fraction of sp³-hybridized carbons (Fsp3) is 0.316. The molecule has 0 spiro atoms. The van der Waals surface area contributed by atoms with Crippen molar-refractivity contribution in [2.45, 2.75) is 27.7 Å². The average molecular weight is 375 g/mol. The van der Waals surface area contributed by atoms with Gasteiger partial charge in [-0.2, -0.15) is 5.10 Å². The molecule has 0 aromatic carbocycles. The van der Waals surface area contributed by atoms with E-state index in [1.807, 2.05) is 26.0 Å². The molecule has 1 aliphatic rings. The van der Waals surface area contributed by atoms with Gasteiger partial charge in [-0.25, -0.2) is 19.9 Å². The van der Waals surface area contributed by atoms with Crippen molar-refractivity contribution < 1.29 is 0 Å². The Bertz CT molecular complexity index is 1060. The maximum Gasteiger partial charge on any atom is 0.204 e. The summed E-state index contributed by atoms with van der Waals surface area (Å²) in [6, 6.07) is 3.98. The molecule has 9 heteroatoms.